The first-order valence-electron chi connectivity index (χ1n) is 11.5. The number of benzene rings is 1. The van der Waals surface area contributed by atoms with Crippen molar-refractivity contribution < 1.29 is 42.2 Å². The Kier molecular flexibility index (Phi) is 9.21. The maximum atomic E-state index is 13.7. The minimum Gasteiger partial charge on any atom is -0.480 e. The number of carboxylic acids is 1. The highest BCUT2D eigenvalue weighted by Crippen LogP contribution is 2.30. The number of alkyl halides is 3. The lowest BCUT2D eigenvalue weighted by Crippen LogP contribution is -2.43. The standard InChI is InChI=1S/C24H27F4N3O5/c25-18-13-16(12-17(14-18)24(26,27)28)23(35)36-31(20(8-11-32)22(33)34)10-2-1-5-19-7-6-15-4-3-9-29-21(15)30-19/h6-7,12-14,20,32H,1-5,8-11H2,(H,29,30)(H,33,34)/t20-/m0/s1. The zero-order chi connectivity index (χ0) is 26.3. The van der Waals surface area contributed by atoms with Crippen molar-refractivity contribution in [1.29, 1.82) is 0 Å². The molecule has 1 aromatic carbocycles. The summed E-state index contributed by atoms with van der Waals surface area (Å²) >= 11 is 0. The molecule has 0 amide bonds. The second-order valence-electron chi connectivity index (χ2n) is 8.41. The SMILES string of the molecule is O=C(ON(CCCCc1ccc2c(n1)NCCC2)[C@@H](CCO)C(=O)O)c1cc(F)cc(C(F)(F)F)c1. The second kappa shape index (κ2) is 12.1. The van der Waals surface area contributed by atoms with Crippen LogP contribution in [-0.4, -0.2) is 57.9 Å². The van der Waals surface area contributed by atoms with E-state index >= 15 is 0 Å². The van der Waals surface area contributed by atoms with Gasteiger partial charge in [-0.05, 0) is 68.4 Å². The zero-order valence-electron chi connectivity index (χ0n) is 19.4. The summed E-state index contributed by atoms with van der Waals surface area (Å²) in [6.07, 6.45) is -1.74. The van der Waals surface area contributed by atoms with E-state index in [4.69, 9.17) is 4.84 Å². The zero-order valence-corrected chi connectivity index (χ0v) is 19.4. The number of carbonyl (C=O) groups is 2. The van der Waals surface area contributed by atoms with Crippen molar-refractivity contribution in [3.63, 3.8) is 0 Å². The van der Waals surface area contributed by atoms with Crippen molar-refractivity contribution in [1.82, 2.24) is 10.0 Å². The Morgan fingerprint density at radius 3 is 2.67 bits per heavy atom. The van der Waals surface area contributed by atoms with Gasteiger partial charge in [0, 0.05) is 25.4 Å². The third kappa shape index (κ3) is 7.37. The molecule has 3 N–H and O–H groups in total. The van der Waals surface area contributed by atoms with Crippen LogP contribution in [0.3, 0.4) is 0 Å². The predicted molar refractivity (Wildman–Crippen MR) is 121 cm³/mol. The Morgan fingerprint density at radius 2 is 1.97 bits per heavy atom. The van der Waals surface area contributed by atoms with Crippen molar-refractivity contribution in [2.75, 3.05) is 25.0 Å². The van der Waals surface area contributed by atoms with E-state index in [1.54, 1.807) is 0 Å². The number of carbonyl (C=O) groups excluding carboxylic acids is 1. The fraction of sp³-hybridized carbons (Fsp3) is 0.458. The number of aryl methyl sites for hydroxylation is 2. The number of aromatic nitrogens is 1. The van der Waals surface area contributed by atoms with E-state index in [0.717, 1.165) is 41.5 Å². The van der Waals surface area contributed by atoms with Crippen LogP contribution in [0.4, 0.5) is 23.4 Å². The summed E-state index contributed by atoms with van der Waals surface area (Å²) in [5, 5.41) is 22.8. The molecule has 0 unspecified atom stereocenters. The van der Waals surface area contributed by atoms with Crippen LogP contribution in [0.1, 0.15) is 52.9 Å². The average Bonchev–Trinajstić information content (AvgIpc) is 2.83. The molecule has 12 heteroatoms. The van der Waals surface area contributed by atoms with Gasteiger partial charge in [-0.2, -0.15) is 13.2 Å². The van der Waals surface area contributed by atoms with E-state index in [1.165, 1.54) is 0 Å². The summed E-state index contributed by atoms with van der Waals surface area (Å²) in [5.74, 6) is -3.18. The molecule has 1 aliphatic rings. The number of anilines is 1. The van der Waals surface area contributed by atoms with Crippen LogP contribution in [0, 0.1) is 5.82 Å². The Bertz CT molecular complexity index is 1080. The number of rotatable bonds is 11. The van der Waals surface area contributed by atoms with Gasteiger partial charge in [0.15, 0.2) is 0 Å². The van der Waals surface area contributed by atoms with Crippen LogP contribution < -0.4 is 5.32 Å². The Hall–Kier alpha value is -3.25. The molecule has 1 atom stereocenters. The second-order valence-corrected chi connectivity index (χ2v) is 8.41. The van der Waals surface area contributed by atoms with Crippen LogP contribution >= 0.6 is 0 Å². The normalized spacial score (nSPS) is 14.2. The highest BCUT2D eigenvalue weighted by molar-refractivity contribution is 5.89. The van der Waals surface area contributed by atoms with E-state index in [0.29, 0.717) is 31.4 Å². The molecular formula is C24H27F4N3O5. The Labute approximate surface area is 204 Å². The molecule has 0 saturated heterocycles. The lowest BCUT2D eigenvalue weighted by Gasteiger charge is -2.27. The number of halogens is 4. The summed E-state index contributed by atoms with van der Waals surface area (Å²) in [7, 11) is 0. The van der Waals surface area contributed by atoms with Crippen molar-refractivity contribution in [2.24, 2.45) is 0 Å². The maximum absolute atomic E-state index is 13.7. The van der Waals surface area contributed by atoms with Crippen LogP contribution in [-0.2, 0) is 28.7 Å². The fourth-order valence-corrected chi connectivity index (χ4v) is 3.89. The minimum absolute atomic E-state index is 0.0761. The van der Waals surface area contributed by atoms with Gasteiger partial charge in [0.2, 0.25) is 0 Å². The van der Waals surface area contributed by atoms with Gasteiger partial charge in [-0.1, -0.05) is 6.07 Å². The number of aliphatic hydroxyl groups excluding tert-OH is 1. The molecule has 8 nitrogen and oxygen atoms in total. The highest BCUT2D eigenvalue weighted by Gasteiger charge is 2.33. The van der Waals surface area contributed by atoms with Gasteiger partial charge >= 0.3 is 18.1 Å². The third-order valence-electron chi connectivity index (χ3n) is 5.71. The molecule has 196 valence electrons. The largest absolute Gasteiger partial charge is 0.480 e. The number of hydrogen-bond acceptors (Lipinski definition) is 7. The van der Waals surface area contributed by atoms with E-state index in [1.807, 2.05) is 12.1 Å². The smallest absolute Gasteiger partial charge is 0.416 e. The van der Waals surface area contributed by atoms with Crippen LogP contribution in [0.15, 0.2) is 30.3 Å². The fourth-order valence-electron chi connectivity index (χ4n) is 3.89. The van der Waals surface area contributed by atoms with Gasteiger partial charge in [-0.15, -0.1) is 5.06 Å². The number of carboxylic acid groups (broad SMARTS) is 1. The Balaban J connectivity index is 1.68. The van der Waals surface area contributed by atoms with E-state index < -0.39 is 47.7 Å². The predicted octanol–water partition coefficient (Wildman–Crippen LogP) is 3.83. The van der Waals surface area contributed by atoms with Crippen molar-refractivity contribution in [3.8, 4) is 0 Å². The van der Waals surface area contributed by atoms with Gasteiger partial charge in [0.05, 0.1) is 11.1 Å². The number of aliphatic hydroxyl groups is 1. The van der Waals surface area contributed by atoms with Crippen molar-refractivity contribution >= 4 is 17.8 Å². The lowest BCUT2D eigenvalue weighted by atomic mass is 10.1. The summed E-state index contributed by atoms with van der Waals surface area (Å²) < 4.78 is 52.7. The average molecular weight is 513 g/mol. The number of nitrogens with one attached hydrogen (secondary N) is 1. The van der Waals surface area contributed by atoms with Gasteiger partial charge in [-0.3, -0.25) is 4.79 Å². The van der Waals surface area contributed by atoms with Gasteiger partial charge in [-0.25, -0.2) is 14.2 Å². The van der Waals surface area contributed by atoms with Crippen molar-refractivity contribution in [2.45, 2.75) is 50.7 Å². The van der Waals surface area contributed by atoms with Crippen LogP contribution in [0.2, 0.25) is 0 Å². The first-order valence-corrected chi connectivity index (χ1v) is 11.5. The number of hydrogen-bond donors (Lipinski definition) is 3. The molecule has 0 fully saturated rings. The first-order chi connectivity index (χ1) is 17.1. The van der Waals surface area contributed by atoms with Crippen LogP contribution in [0.25, 0.3) is 0 Å². The molecule has 1 aromatic heterocycles. The topological polar surface area (TPSA) is 112 Å². The van der Waals surface area contributed by atoms with E-state index in [2.05, 4.69) is 10.3 Å². The molecule has 0 aliphatic carbocycles. The summed E-state index contributed by atoms with van der Waals surface area (Å²) in [5.41, 5.74) is -0.122. The van der Waals surface area contributed by atoms with Crippen LogP contribution in [0.5, 0.6) is 0 Å². The molecule has 2 aromatic rings. The number of unbranched alkanes of at least 4 members (excludes halogenated alkanes) is 1. The number of nitrogens with zero attached hydrogens (tertiary/aromatic N) is 2. The molecule has 0 saturated carbocycles. The molecule has 36 heavy (non-hydrogen) atoms. The van der Waals surface area contributed by atoms with Crippen molar-refractivity contribution in [3.05, 3.63) is 58.5 Å². The lowest BCUT2D eigenvalue weighted by molar-refractivity contribution is -0.174. The Morgan fingerprint density at radius 1 is 1.19 bits per heavy atom. The monoisotopic (exact) mass is 513 g/mol. The van der Waals surface area contributed by atoms with E-state index in [9.17, 15) is 37.4 Å². The molecule has 0 radical (unpaired) electrons. The summed E-state index contributed by atoms with van der Waals surface area (Å²) in [4.78, 5) is 33.9. The third-order valence-corrected chi connectivity index (χ3v) is 5.71. The molecule has 1 aliphatic heterocycles. The summed E-state index contributed by atoms with van der Waals surface area (Å²) in [6, 6.07) is 3.73. The molecule has 2 heterocycles. The van der Waals surface area contributed by atoms with Gasteiger partial charge in [0.25, 0.3) is 0 Å². The first kappa shape index (κ1) is 27.3. The molecule has 3 rings (SSSR count). The molecular weight excluding hydrogens is 486 g/mol. The molecule has 0 spiro atoms. The van der Waals surface area contributed by atoms with Gasteiger partial charge in [0.1, 0.15) is 17.7 Å². The maximum Gasteiger partial charge on any atom is 0.416 e. The molecule has 0 bridgehead atoms. The number of pyridine rings is 1. The van der Waals surface area contributed by atoms with Gasteiger partial charge < -0.3 is 20.4 Å². The number of aliphatic carboxylic acids is 1. The number of hydroxylamine groups is 2. The highest BCUT2D eigenvalue weighted by atomic mass is 19.4. The summed E-state index contributed by atoms with van der Waals surface area (Å²) in [6.45, 7) is 0.240. The van der Waals surface area contributed by atoms with E-state index in [-0.39, 0.29) is 19.0 Å². The minimum atomic E-state index is -4.89. The quantitative estimate of drug-likeness (QED) is 0.236. The number of fused-ring (bicyclic) bond motifs is 1.